The zero-order chi connectivity index (χ0) is 10.2. The Hall–Kier alpha value is -0.0800. The van der Waals surface area contributed by atoms with Crippen LogP contribution in [0, 0.1) is 0 Å². The molecule has 0 radical (unpaired) electrons. The summed E-state index contributed by atoms with van der Waals surface area (Å²) in [5.74, 6) is 0. The van der Waals surface area contributed by atoms with Crippen LogP contribution in [0.15, 0.2) is 0 Å². The molecule has 2 saturated heterocycles. The lowest BCUT2D eigenvalue weighted by Crippen LogP contribution is -2.53. The third kappa shape index (κ3) is 2.12. The van der Waals surface area contributed by atoms with Crippen molar-refractivity contribution >= 4 is 0 Å². The van der Waals surface area contributed by atoms with Crippen molar-refractivity contribution in [1.82, 2.24) is 9.80 Å². The first-order chi connectivity index (χ1) is 6.57. The summed E-state index contributed by atoms with van der Waals surface area (Å²) in [5.41, 5.74) is 0.375. The second-order valence-corrected chi connectivity index (χ2v) is 5.78. The molecule has 0 atom stereocenters. The summed E-state index contributed by atoms with van der Waals surface area (Å²) < 4.78 is 0. The van der Waals surface area contributed by atoms with Gasteiger partial charge >= 0.3 is 0 Å². The van der Waals surface area contributed by atoms with Crippen LogP contribution in [-0.2, 0) is 0 Å². The minimum atomic E-state index is 0.375. The van der Waals surface area contributed by atoms with E-state index in [2.05, 4.69) is 30.6 Å². The van der Waals surface area contributed by atoms with Gasteiger partial charge in [-0.05, 0) is 53.1 Å². The molecule has 0 aromatic rings. The Kier molecular flexibility index (Phi) is 2.85. The Labute approximate surface area is 88.3 Å². The summed E-state index contributed by atoms with van der Waals surface area (Å²) in [6, 6.07) is 0.905. The molecule has 0 aromatic carbocycles. The van der Waals surface area contributed by atoms with Gasteiger partial charge in [-0.1, -0.05) is 0 Å². The van der Waals surface area contributed by atoms with Crippen LogP contribution in [0.5, 0.6) is 0 Å². The number of nitrogens with zero attached hydrogens (tertiary/aromatic N) is 2. The second-order valence-electron chi connectivity index (χ2n) is 5.78. The number of hydrogen-bond acceptors (Lipinski definition) is 2. The molecule has 0 N–H and O–H groups in total. The molecule has 0 amide bonds. The van der Waals surface area contributed by atoms with Crippen LogP contribution < -0.4 is 0 Å². The monoisotopic (exact) mass is 196 g/mol. The highest BCUT2D eigenvalue weighted by atomic mass is 15.2. The van der Waals surface area contributed by atoms with Crippen molar-refractivity contribution in [3.8, 4) is 0 Å². The highest BCUT2D eigenvalue weighted by Gasteiger charge is 2.31. The smallest absolute Gasteiger partial charge is 0.0125 e. The first kappa shape index (κ1) is 10.4. The van der Waals surface area contributed by atoms with Gasteiger partial charge in [-0.25, -0.2) is 0 Å². The van der Waals surface area contributed by atoms with Crippen LogP contribution >= 0.6 is 0 Å². The number of rotatable bonds is 1. The Morgan fingerprint density at radius 1 is 0.929 bits per heavy atom. The molecule has 2 rings (SSSR count). The van der Waals surface area contributed by atoms with Crippen LogP contribution in [0.3, 0.4) is 0 Å². The van der Waals surface area contributed by atoms with E-state index in [0.717, 1.165) is 6.04 Å². The summed E-state index contributed by atoms with van der Waals surface area (Å²) in [4.78, 5) is 5.29. The molecule has 82 valence electrons. The predicted molar refractivity (Wildman–Crippen MR) is 60.5 cm³/mol. The van der Waals surface area contributed by atoms with E-state index in [-0.39, 0.29) is 0 Å². The quantitative estimate of drug-likeness (QED) is 0.632. The van der Waals surface area contributed by atoms with Gasteiger partial charge in [0, 0.05) is 24.7 Å². The zero-order valence-electron chi connectivity index (χ0n) is 9.92. The van der Waals surface area contributed by atoms with Gasteiger partial charge < -0.3 is 4.90 Å². The van der Waals surface area contributed by atoms with Gasteiger partial charge in [0.1, 0.15) is 0 Å². The third-order valence-electron chi connectivity index (χ3n) is 3.82. The van der Waals surface area contributed by atoms with Crippen molar-refractivity contribution in [2.75, 3.05) is 26.2 Å². The van der Waals surface area contributed by atoms with Crippen LogP contribution in [0.4, 0.5) is 0 Å². The fourth-order valence-electron chi connectivity index (χ4n) is 2.61. The minimum absolute atomic E-state index is 0.375. The minimum Gasteiger partial charge on any atom is -0.300 e. The molecule has 0 aromatic heterocycles. The molecule has 2 heteroatoms. The molecule has 14 heavy (non-hydrogen) atoms. The Bertz CT molecular complexity index is 183. The molecule has 0 bridgehead atoms. The molecule has 2 nitrogen and oxygen atoms in total. The SMILES string of the molecule is CC(C)(C)N1CCC(N2CCC2)CC1. The zero-order valence-corrected chi connectivity index (χ0v) is 9.92. The van der Waals surface area contributed by atoms with E-state index in [1.54, 1.807) is 0 Å². The Morgan fingerprint density at radius 2 is 1.50 bits per heavy atom. The molecule has 2 heterocycles. The van der Waals surface area contributed by atoms with Crippen molar-refractivity contribution < 1.29 is 0 Å². The number of hydrogen-bond donors (Lipinski definition) is 0. The van der Waals surface area contributed by atoms with E-state index in [0.29, 0.717) is 5.54 Å². The summed E-state index contributed by atoms with van der Waals surface area (Å²) in [5, 5.41) is 0. The maximum absolute atomic E-state index is 2.67. The highest BCUT2D eigenvalue weighted by Crippen LogP contribution is 2.25. The maximum atomic E-state index is 2.67. The van der Waals surface area contributed by atoms with Crippen molar-refractivity contribution in [2.45, 2.75) is 51.6 Å². The normalized spacial score (nSPS) is 27.6. The van der Waals surface area contributed by atoms with E-state index < -0.39 is 0 Å². The van der Waals surface area contributed by atoms with E-state index in [4.69, 9.17) is 0 Å². The first-order valence-corrected chi connectivity index (χ1v) is 6.06. The van der Waals surface area contributed by atoms with Crippen LogP contribution in [0.25, 0.3) is 0 Å². The highest BCUT2D eigenvalue weighted by molar-refractivity contribution is 4.87. The Balaban J connectivity index is 1.80. The van der Waals surface area contributed by atoms with Crippen LogP contribution in [-0.4, -0.2) is 47.6 Å². The first-order valence-electron chi connectivity index (χ1n) is 6.06. The predicted octanol–water partition coefficient (Wildman–Crippen LogP) is 1.96. The van der Waals surface area contributed by atoms with Gasteiger partial charge in [0.15, 0.2) is 0 Å². The third-order valence-corrected chi connectivity index (χ3v) is 3.82. The average molecular weight is 196 g/mol. The maximum Gasteiger partial charge on any atom is 0.0125 e. The number of piperidine rings is 1. The fourth-order valence-corrected chi connectivity index (χ4v) is 2.61. The molecule has 0 unspecified atom stereocenters. The van der Waals surface area contributed by atoms with E-state index >= 15 is 0 Å². The van der Waals surface area contributed by atoms with E-state index in [1.807, 2.05) is 0 Å². The lowest BCUT2D eigenvalue weighted by Gasteiger charge is -2.46. The topological polar surface area (TPSA) is 6.48 Å². The van der Waals surface area contributed by atoms with Gasteiger partial charge in [0.25, 0.3) is 0 Å². The molecule has 2 aliphatic rings. The molecule has 0 saturated carbocycles. The number of likely N-dealkylation sites (tertiary alicyclic amines) is 2. The Morgan fingerprint density at radius 3 is 1.86 bits per heavy atom. The van der Waals surface area contributed by atoms with Gasteiger partial charge in [0.2, 0.25) is 0 Å². The summed E-state index contributed by atoms with van der Waals surface area (Å²) in [6.45, 7) is 12.3. The molecular weight excluding hydrogens is 172 g/mol. The van der Waals surface area contributed by atoms with Gasteiger partial charge in [-0.3, -0.25) is 4.90 Å². The van der Waals surface area contributed by atoms with Gasteiger partial charge in [-0.15, -0.1) is 0 Å². The summed E-state index contributed by atoms with van der Waals surface area (Å²) in [7, 11) is 0. The van der Waals surface area contributed by atoms with E-state index in [9.17, 15) is 0 Å². The van der Waals surface area contributed by atoms with Crippen LogP contribution in [0.2, 0.25) is 0 Å². The van der Waals surface area contributed by atoms with Gasteiger partial charge in [0.05, 0.1) is 0 Å². The second kappa shape index (κ2) is 3.82. The molecule has 0 spiro atoms. The van der Waals surface area contributed by atoms with Crippen LogP contribution in [0.1, 0.15) is 40.0 Å². The lowest BCUT2D eigenvalue weighted by molar-refractivity contribution is 0.0313. The van der Waals surface area contributed by atoms with Crippen molar-refractivity contribution in [1.29, 1.82) is 0 Å². The average Bonchev–Trinajstić information content (AvgIpc) is 2.00. The van der Waals surface area contributed by atoms with Crippen molar-refractivity contribution in [2.24, 2.45) is 0 Å². The summed E-state index contributed by atoms with van der Waals surface area (Å²) >= 11 is 0. The van der Waals surface area contributed by atoms with E-state index in [1.165, 1.54) is 45.4 Å². The lowest BCUT2D eigenvalue weighted by atomic mass is 9.95. The largest absolute Gasteiger partial charge is 0.300 e. The van der Waals surface area contributed by atoms with Crippen molar-refractivity contribution in [3.05, 3.63) is 0 Å². The standard InChI is InChI=1S/C12H24N2/c1-12(2,3)14-9-5-11(6-10-14)13-7-4-8-13/h11H,4-10H2,1-3H3. The fraction of sp³-hybridized carbons (Fsp3) is 1.00. The van der Waals surface area contributed by atoms with Gasteiger partial charge in [-0.2, -0.15) is 0 Å². The van der Waals surface area contributed by atoms with Crippen molar-refractivity contribution in [3.63, 3.8) is 0 Å². The molecule has 0 aliphatic carbocycles. The summed E-state index contributed by atoms with van der Waals surface area (Å²) in [6.07, 6.45) is 4.20. The molecule has 2 aliphatic heterocycles. The molecule has 2 fully saturated rings. The molecular formula is C12H24N2.